The number of aryl methyl sites for hydroxylation is 1. The Hall–Kier alpha value is -1.82. The Balaban J connectivity index is 2.14. The molecule has 136 valence electrons. The van der Waals surface area contributed by atoms with Crippen molar-refractivity contribution in [2.45, 2.75) is 70.5 Å². The van der Waals surface area contributed by atoms with Crippen LogP contribution in [0.1, 0.15) is 46.1 Å². The Kier molecular flexibility index (Phi) is 7.05. The third-order valence-corrected chi connectivity index (χ3v) is 5.15. The van der Waals surface area contributed by atoms with Crippen molar-refractivity contribution >= 4 is 17.7 Å². The van der Waals surface area contributed by atoms with Crippen LogP contribution in [0.15, 0.2) is 29.4 Å². The van der Waals surface area contributed by atoms with E-state index >= 15 is 0 Å². The Morgan fingerprint density at radius 2 is 2.04 bits per heavy atom. The first kappa shape index (κ1) is 19.5. The highest BCUT2D eigenvalue weighted by Crippen LogP contribution is 2.27. The molecule has 2 unspecified atom stereocenters. The van der Waals surface area contributed by atoms with Gasteiger partial charge in [0.1, 0.15) is 0 Å². The molecule has 1 aromatic heterocycles. The number of carbonyl (C=O) groups excluding carboxylic acids is 1. The zero-order chi connectivity index (χ0) is 18.4. The summed E-state index contributed by atoms with van der Waals surface area (Å²) in [6, 6.07) is 8.44. The maximum Gasteiger partial charge on any atom is 0.233 e. The maximum absolute atomic E-state index is 12.4. The summed E-state index contributed by atoms with van der Waals surface area (Å²) in [5, 5.41) is 12.3. The molecule has 1 aromatic carbocycles. The zero-order valence-corrected chi connectivity index (χ0v) is 16.6. The van der Waals surface area contributed by atoms with Crippen LogP contribution in [0.4, 0.5) is 0 Å². The van der Waals surface area contributed by atoms with Crippen LogP contribution in [0.5, 0.6) is 0 Å². The Morgan fingerprint density at radius 3 is 2.68 bits per heavy atom. The summed E-state index contributed by atoms with van der Waals surface area (Å²) in [6.07, 6.45) is 2.05. The van der Waals surface area contributed by atoms with Crippen molar-refractivity contribution in [2.75, 3.05) is 0 Å². The van der Waals surface area contributed by atoms with Crippen LogP contribution >= 0.6 is 11.8 Å². The molecule has 1 heterocycles. The molecule has 2 aromatic rings. The molecule has 6 heteroatoms. The van der Waals surface area contributed by atoms with Gasteiger partial charge in [-0.25, -0.2) is 0 Å². The molecule has 2 rings (SSSR count). The minimum atomic E-state index is -0.209. The van der Waals surface area contributed by atoms with Gasteiger partial charge in [0.2, 0.25) is 5.91 Å². The van der Waals surface area contributed by atoms with E-state index in [1.54, 1.807) is 0 Å². The number of aromatic nitrogens is 3. The average Bonchev–Trinajstić information content (AvgIpc) is 2.97. The van der Waals surface area contributed by atoms with Gasteiger partial charge in [0.25, 0.3) is 0 Å². The second kappa shape index (κ2) is 9.04. The highest BCUT2D eigenvalue weighted by atomic mass is 32.2. The lowest BCUT2D eigenvalue weighted by Crippen LogP contribution is -2.37. The quantitative estimate of drug-likeness (QED) is 0.721. The van der Waals surface area contributed by atoms with Crippen LogP contribution < -0.4 is 5.32 Å². The summed E-state index contributed by atoms with van der Waals surface area (Å²) < 4.78 is 2.07. The molecule has 0 saturated heterocycles. The van der Waals surface area contributed by atoms with Gasteiger partial charge in [-0.1, -0.05) is 48.9 Å². The first-order chi connectivity index (χ1) is 12.0. The van der Waals surface area contributed by atoms with Gasteiger partial charge in [-0.3, -0.25) is 4.79 Å². The number of carbonyl (C=O) groups is 1. The highest BCUT2D eigenvalue weighted by molar-refractivity contribution is 8.00. The third kappa shape index (κ3) is 5.08. The van der Waals surface area contributed by atoms with Crippen molar-refractivity contribution in [3.05, 3.63) is 29.8 Å². The molecule has 0 bridgehead atoms. The lowest BCUT2D eigenvalue weighted by atomic mass is 10.1. The van der Waals surface area contributed by atoms with Crippen LogP contribution in [-0.2, 0) is 11.3 Å². The van der Waals surface area contributed by atoms with Gasteiger partial charge in [-0.2, -0.15) is 0 Å². The van der Waals surface area contributed by atoms with Gasteiger partial charge in [0.05, 0.1) is 5.25 Å². The zero-order valence-electron chi connectivity index (χ0n) is 15.7. The summed E-state index contributed by atoms with van der Waals surface area (Å²) >= 11 is 1.46. The van der Waals surface area contributed by atoms with E-state index in [1.807, 2.05) is 26.0 Å². The van der Waals surface area contributed by atoms with E-state index in [1.165, 1.54) is 17.3 Å². The number of benzene rings is 1. The fourth-order valence-corrected chi connectivity index (χ4v) is 3.66. The molecular weight excluding hydrogens is 332 g/mol. The predicted octanol–water partition coefficient (Wildman–Crippen LogP) is 4.06. The van der Waals surface area contributed by atoms with Crippen LogP contribution in [0.25, 0.3) is 11.4 Å². The van der Waals surface area contributed by atoms with Crippen LogP contribution in [0.2, 0.25) is 0 Å². The van der Waals surface area contributed by atoms with Crippen molar-refractivity contribution in [3.8, 4) is 11.4 Å². The highest BCUT2D eigenvalue weighted by Gasteiger charge is 2.21. The first-order valence-corrected chi connectivity index (χ1v) is 9.81. The lowest BCUT2D eigenvalue weighted by molar-refractivity contribution is -0.120. The fourth-order valence-electron chi connectivity index (χ4n) is 2.74. The Labute approximate surface area is 154 Å². The number of nitrogens with one attached hydrogen (secondary N) is 1. The second-order valence-corrected chi connectivity index (χ2v) is 7.69. The van der Waals surface area contributed by atoms with Crippen LogP contribution in [0, 0.1) is 6.92 Å². The predicted molar refractivity (Wildman–Crippen MR) is 104 cm³/mol. The Morgan fingerprint density at radius 1 is 1.28 bits per heavy atom. The number of rotatable bonds is 8. The minimum Gasteiger partial charge on any atom is -0.353 e. The molecule has 2 atom stereocenters. The molecule has 0 aliphatic carbocycles. The van der Waals surface area contributed by atoms with E-state index in [9.17, 15) is 4.79 Å². The van der Waals surface area contributed by atoms with E-state index in [4.69, 9.17) is 0 Å². The maximum atomic E-state index is 12.4. The summed E-state index contributed by atoms with van der Waals surface area (Å²) in [5.41, 5.74) is 2.24. The van der Waals surface area contributed by atoms with E-state index in [-0.39, 0.29) is 17.2 Å². The second-order valence-electron chi connectivity index (χ2n) is 6.38. The van der Waals surface area contributed by atoms with Crippen molar-refractivity contribution in [2.24, 2.45) is 0 Å². The number of hydrogen-bond donors (Lipinski definition) is 1. The molecule has 25 heavy (non-hydrogen) atoms. The molecule has 1 amide bonds. The fraction of sp³-hybridized carbons (Fsp3) is 0.526. The number of amides is 1. The van der Waals surface area contributed by atoms with Crippen LogP contribution in [0.3, 0.4) is 0 Å². The molecule has 0 aliphatic heterocycles. The van der Waals surface area contributed by atoms with E-state index in [0.717, 1.165) is 35.9 Å². The van der Waals surface area contributed by atoms with E-state index < -0.39 is 0 Å². The van der Waals surface area contributed by atoms with Crippen molar-refractivity contribution in [3.63, 3.8) is 0 Å². The molecule has 0 aliphatic rings. The monoisotopic (exact) mass is 360 g/mol. The van der Waals surface area contributed by atoms with Gasteiger partial charge in [-0.15, -0.1) is 10.2 Å². The summed E-state index contributed by atoms with van der Waals surface area (Å²) in [7, 11) is 0. The summed E-state index contributed by atoms with van der Waals surface area (Å²) in [6.45, 7) is 11.0. The molecule has 0 radical (unpaired) electrons. The van der Waals surface area contributed by atoms with Gasteiger partial charge < -0.3 is 9.88 Å². The molecular formula is C19H28N4OS. The van der Waals surface area contributed by atoms with E-state index in [2.05, 4.69) is 53.0 Å². The molecule has 5 nitrogen and oxygen atoms in total. The summed E-state index contributed by atoms with van der Waals surface area (Å²) in [4.78, 5) is 12.4. The van der Waals surface area contributed by atoms with Crippen molar-refractivity contribution < 1.29 is 4.79 Å². The van der Waals surface area contributed by atoms with Crippen molar-refractivity contribution in [1.29, 1.82) is 0 Å². The number of hydrogen-bond acceptors (Lipinski definition) is 4. The molecule has 0 saturated carbocycles. The summed E-state index contributed by atoms with van der Waals surface area (Å²) in [5.74, 6) is 0.898. The number of nitrogens with zero attached hydrogens (tertiary/aromatic N) is 3. The first-order valence-electron chi connectivity index (χ1n) is 8.93. The topological polar surface area (TPSA) is 59.8 Å². The van der Waals surface area contributed by atoms with Gasteiger partial charge in [0, 0.05) is 18.2 Å². The largest absolute Gasteiger partial charge is 0.353 e. The van der Waals surface area contributed by atoms with Gasteiger partial charge in [-0.05, 0) is 40.2 Å². The normalized spacial score (nSPS) is 13.5. The standard InChI is InChI=1S/C19H28N4OS/c1-6-9-14(4)20-18(24)15(5)25-19-22-21-17(23(19)7-2)16-11-8-10-13(3)12-16/h8,10-12,14-15H,6-7,9H2,1-5H3,(H,20,24). The number of thioether (sulfide) groups is 1. The van der Waals surface area contributed by atoms with Gasteiger partial charge in [0.15, 0.2) is 11.0 Å². The minimum absolute atomic E-state index is 0.0497. The van der Waals surface area contributed by atoms with Crippen LogP contribution in [-0.4, -0.2) is 32.0 Å². The van der Waals surface area contributed by atoms with Gasteiger partial charge >= 0.3 is 0 Å². The Bertz CT molecular complexity index is 713. The molecule has 1 N–H and O–H groups in total. The smallest absolute Gasteiger partial charge is 0.233 e. The SMILES string of the molecule is CCCC(C)NC(=O)C(C)Sc1nnc(-c2cccc(C)c2)n1CC. The van der Waals surface area contributed by atoms with E-state index in [0.29, 0.717) is 0 Å². The molecule has 0 spiro atoms. The lowest BCUT2D eigenvalue weighted by Gasteiger charge is -2.16. The third-order valence-electron chi connectivity index (χ3n) is 4.07. The van der Waals surface area contributed by atoms with Crippen molar-refractivity contribution in [1.82, 2.24) is 20.1 Å². The molecule has 0 fully saturated rings. The average molecular weight is 361 g/mol.